The highest BCUT2D eigenvalue weighted by Crippen LogP contribution is 2.27. The molecule has 0 heterocycles. The molecular formula is C17H21NO3. The predicted molar refractivity (Wildman–Crippen MR) is 84.6 cm³/mol. The van der Waals surface area contributed by atoms with Crippen molar-refractivity contribution in [2.24, 2.45) is 0 Å². The van der Waals surface area contributed by atoms with Gasteiger partial charge < -0.3 is 19.1 Å². The number of nitrogens with zero attached hydrogens (tertiary/aromatic N) is 1. The van der Waals surface area contributed by atoms with Crippen LogP contribution in [0.15, 0.2) is 42.5 Å². The van der Waals surface area contributed by atoms with Gasteiger partial charge in [-0.25, -0.2) is 0 Å². The Balaban J connectivity index is 2.19. The van der Waals surface area contributed by atoms with Gasteiger partial charge in [0.05, 0.1) is 21.3 Å². The molecule has 112 valence electrons. The summed E-state index contributed by atoms with van der Waals surface area (Å²) in [6, 6.07) is 13.8. The summed E-state index contributed by atoms with van der Waals surface area (Å²) in [6.45, 7) is 0.729. The van der Waals surface area contributed by atoms with Crippen LogP contribution in [0.5, 0.6) is 17.2 Å². The van der Waals surface area contributed by atoms with Gasteiger partial charge in [0.25, 0.3) is 0 Å². The van der Waals surface area contributed by atoms with Crippen LogP contribution in [0.1, 0.15) is 5.56 Å². The smallest absolute Gasteiger partial charge is 0.124 e. The maximum atomic E-state index is 5.42. The second kappa shape index (κ2) is 6.88. The van der Waals surface area contributed by atoms with Crippen LogP contribution in [0.3, 0.4) is 0 Å². The van der Waals surface area contributed by atoms with Crippen molar-refractivity contribution in [1.82, 2.24) is 0 Å². The second-order valence-electron chi connectivity index (χ2n) is 4.73. The molecule has 0 bridgehead atoms. The molecule has 4 nitrogen and oxygen atoms in total. The Morgan fingerprint density at radius 2 is 1.43 bits per heavy atom. The molecule has 0 radical (unpaired) electrons. The second-order valence-corrected chi connectivity index (χ2v) is 4.73. The summed E-state index contributed by atoms with van der Waals surface area (Å²) >= 11 is 0. The number of benzene rings is 2. The summed E-state index contributed by atoms with van der Waals surface area (Å²) in [6.07, 6.45) is 0. The summed E-state index contributed by atoms with van der Waals surface area (Å²) < 4.78 is 15.9. The first-order valence-corrected chi connectivity index (χ1v) is 6.74. The monoisotopic (exact) mass is 287 g/mol. The van der Waals surface area contributed by atoms with E-state index < -0.39 is 0 Å². The fourth-order valence-electron chi connectivity index (χ4n) is 2.19. The third kappa shape index (κ3) is 3.60. The Morgan fingerprint density at radius 3 is 2.00 bits per heavy atom. The molecule has 0 unspecified atom stereocenters. The lowest BCUT2D eigenvalue weighted by atomic mass is 10.1. The molecule has 2 aromatic rings. The first-order chi connectivity index (χ1) is 10.2. The van der Waals surface area contributed by atoms with Gasteiger partial charge in [-0.3, -0.25) is 0 Å². The standard InChI is InChI=1S/C17H21NO3/c1-18(14-5-7-15(19-2)8-6-14)12-13-11-16(20-3)9-10-17(13)21-4/h5-11H,12H2,1-4H3. The minimum atomic E-state index is 0.729. The Morgan fingerprint density at radius 1 is 0.810 bits per heavy atom. The molecule has 0 amide bonds. The molecule has 0 fully saturated rings. The molecule has 0 saturated carbocycles. The van der Waals surface area contributed by atoms with Crippen molar-refractivity contribution in [2.45, 2.75) is 6.54 Å². The number of ether oxygens (including phenoxy) is 3. The van der Waals surface area contributed by atoms with Crippen molar-refractivity contribution in [3.8, 4) is 17.2 Å². The van der Waals surface area contributed by atoms with Gasteiger partial charge in [0, 0.05) is 24.8 Å². The quantitative estimate of drug-likeness (QED) is 0.815. The van der Waals surface area contributed by atoms with Gasteiger partial charge in [-0.15, -0.1) is 0 Å². The minimum Gasteiger partial charge on any atom is -0.497 e. The fourth-order valence-corrected chi connectivity index (χ4v) is 2.19. The average molecular weight is 287 g/mol. The van der Waals surface area contributed by atoms with E-state index in [4.69, 9.17) is 14.2 Å². The SMILES string of the molecule is COc1ccc(N(C)Cc2cc(OC)ccc2OC)cc1. The van der Waals surface area contributed by atoms with Crippen molar-refractivity contribution in [2.75, 3.05) is 33.3 Å². The highest BCUT2D eigenvalue weighted by molar-refractivity contribution is 5.50. The van der Waals surface area contributed by atoms with Gasteiger partial charge in [-0.05, 0) is 42.5 Å². The topological polar surface area (TPSA) is 30.9 Å². The van der Waals surface area contributed by atoms with Gasteiger partial charge in [-0.1, -0.05) is 0 Å². The van der Waals surface area contributed by atoms with Crippen LogP contribution < -0.4 is 19.1 Å². The van der Waals surface area contributed by atoms with Gasteiger partial charge in [0.1, 0.15) is 17.2 Å². The number of hydrogen-bond donors (Lipinski definition) is 0. The van der Waals surface area contributed by atoms with Crippen molar-refractivity contribution in [1.29, 1.82) is 0 Å². The molecule has 0 N–H and O–H groups in total. The molecule has 0 atom stereocenters. The average Bonchev–Trinajstić information content (AvgIpc) is 2.54. The molecular weight excluding hydrogens is 266 g/mol. The maximum Gasteiger partial charge on any atom is 0.124 e. The molecule has 0 aliphatic heterocycles. The van der Waals surface area contributed by atoms with E-state index in [-0.39, 0.29) is 0 Å². The number of methoxy groups -OCH3 is 3. The Labute approximate surface area is 125 Å². The molecule has 0 aliphatic carbocycles. The minimum absolute atomic E-state index is 0.729. The largest absolute Gasteiger partial charge is 0.497 e. The van der Waals surface area contributed by atoms with Crippen molar-refractivity contribution >= 4 is 5.69 Å². The summed E-state index contributed by atoms with van der Waals surface area (Å²) in [5.74, 6) is 2.54. The first-order valence-electron chi connectivity index (χ1n) is 6.74. The zero-order valence-corrected chi connectivity index (χ0v) is 12.9. The van der Waals surface area contributed by atoms with E-state index in [2.05, 4.69) is 4.90 Å². The van der Waals surface area contributed by atoms with Crippen LogP contribution in [-0.2, 0) is 6.54 Å². The molecule has 0 aliphatic rings. The van der Waals surface area contributed by atoms with Crippen molar-refractivity contribution in [3.63, 3.8) is 0 Å². The molecule has 21 heavy (non-hydrogen) atoms. The van der Waals surface area contributed by atoms with Gasteiger partial charge in [0.2, 0.25) is 0 Å². The zero-order valence-electron chi connectivity index (χ0n) is 12.9. The fraction of sp³-hybridized carbons (Fsp3) is 0.294. The molecule has 2 rings (SSSR count). The van der Waals surface area contributed by atoms with Crippen LogP contribution in [0.4, 0.5) is 5.69 Å². The Bertz CT molecular complexity index is 581. The lowest BCUT2D eigenvalue weighted by molar-refractivity contribution is 0.398. The third-order valence-corrected chi connectivity index (χ3v) is 3.41. The molecule has 0 saturated heterocycles. The Kier molecular flexibility index (Phi) is 4.93. The van der Waals surface area contributed by atoms with E-state index in [1.807, 2.05) is 49.5 Å². The van der Waals surface area contributed by atoms with E-state index in [0.29, 0.717) is 0 Å². The van der Waals surface area contributed by atoms with Crippen LogP contribution in [0, 0.1) is 0 Å². The maximum absolute atomic E-state index is 5.42. The van der Waals surface area contributed by atoms with Crippen LogP contribution in [-0.4, -0.2) is 28.4 Å². The summed E-state index contributed by atoms with van der Waals surface area (Å²) in [7, 11) is 7.05. The van der Waals surface area contributed by atoms with E-state index in [9.17, 15) is 0 Å². The van der Waals surface area contributed by atoms with Gasteiger partial charge >= 0.3 is 0 Å². The van der Waals surface area contributed by atoms with Crippen molar-refractivity contribution < 1.29 is 14.2 Å². The van der Waals surface area contributed by atoms with E-state index in [0.717, 1.165) is 35.0 Å². The number of rotatable bonds is 6. The molecule has 0 aromatic heterocycles. The van der Waals surface area contributed by atoms with Crippen LogP contribution >= 0.6 is 0 Å². The number of anilines is 1. The lowest BCUT2D eigenvalue weighted by Gasteiger charge is -2.21. The van der Waals surface area contributed by atoms with Crippen LogP contribution in [0.25, 0.3) is 0 Å². The van der Waals surface area contributed by atoms with Gasteiger partial charge in [0.15, 0.2) is 0 Å². The zero-order chi connectivity index (χ0) is 15.2. The molecule has 2 aromatic carbocycles. The van der Waals surface area contributed by atoms with E-state index in [1.165, 1.54) is 0 Å². The lowest BCUT2D eigenvalue weighted by Crippen LogP contribution is -2.16. The summed E-state index contributed by atoms with van der Waals surface area (Å²) in [5.41, 5.74) is 2.19. The predicted octanol–water partition coefficient (Wildman–Crippen LogP) is 3.35. The highest BCUT2D eigenvalue weighted by atomic mass is 16.5. The van der Waals surface area contributed by atoms with Gasteiger partial charge in [-0.2, -0.15) is 0 Å². The summed E-state index contributed by atoms with van der Waals surface area (Å²) in [4.78, 5) is 2.15. The van der Waals surface area contributed by atoms with Crippen LogP contribution in [0.2, 0.25) is 0 Å². The molecule has 4 heteroatoms. The van der Waals surface area contributed by atoms with E-state index >= 15 is 0 Å². The third-order valence-electron chi connectivity index (χ3n) is 3.41. The molecule has 0 spiro atoms. The normalized spacial score (nSPS) is 10.1. The number of hydrogen-bond acceptors (Lipinski definition) is 4. The van der Waals surface area contributed by atoms with Crippen molar-refractivity contribution in [3.05, 3.63) is 48.0 Å². The van der Waals surface area contributed by atoms with E-state index in [1.54, 1.807) is 21.3 Å². The Hall–Kier alpha value is -2.36. The first kappa shape index (κ1) is 15.0. The highest BCUT2D eigenvalue weighted by Gasteiger charge is 2.09. The summed E-state index contributed by atoms with van der Waals surface area (Å²) in [5, 5.41) is 0.